The van der Waals surface area contributed by atoms with Crippen LogP contribution in [0.1, 0.15) is 11.4 Å². The number of pyridine rings is 1. The molecule has 0 aliphatic rings. The zero-order valence-corrected chi connectivity index (χ0v) is 8.36. The summed E-state index contributed by atoms with van der Waals surface area (Å²) >= 11 is 0. The van der Waals surface area contributed by atoms with Gasteiger partial charge in [-0.1, -0.05) is 0 Å². The first-order chi connectivity index (χ1) is 7.48. The predicted molar refractivity (Wildman–Crippen MR) is 51.1 cm³/mol. The quantitative estimate of drug-likeness (QED) is 0.749. The van der Waals surface area contributed by atoms with Crippen molar-refractivity contribution in [3.8, 4) is 5.69 Å². The van der Waals surface area contributed by atoms with Gasteiger partial charge in [-0.3, -0.25) is 4.98 Å². The molecule has 0 spiro atoms. The Morgan fingerprint density at radius 3 is 2.56 bits per heavy atom. The van der Waals surface area contributed by atoms with Gasteiger partial charge in [0.1, 0.15) is 0 Å². The van der Waals surface area contributed by atoms with Crippen LogP contribution in [-0.2, 0) is 6.18 Å². The highest BCUT2D eigenvalue weighted by atomic mass is 19.4. The lowest BCUT2D eigenvalue weighted by molar-refractivity contribution is -0.140. The van der Waals surface area contributed by atoms with Gasteiger partial charge in [-0.25, -0.2) is 4.98 Å². The Bertz CT molecular complexity index is 502. The van der Waals surface area contributed by atoms with E-state index in [2.05, 4.69) is 9.97 Å². The molecular weight excluding hydrogens is 219 g/mol. The Morgan fingerprint density at radius 2 is 2.00 bits per heavy atom. The van der Waals surface area contributed by atoms with Gasteiger partial charge >= 0.3 is 6.18 Å². The number of hydrogen-bond donors (Lipinski definition) is 0. The zero-order chi connectivity index (χ0) is 11.8. The minimum atomic E-state index is -4.42. The molecule has 0 saturated heterocycles. The van der Waals surface area contributed by atoms with Crippen molar-refractivity contribution < 1.29 is 13.2 Å². The molecule has 0 fully saturated rings. The molecule has 6 heteroatoms. The van der Waals surface area contributed by atoms with E-state index in [-0.39, 0.29) is 0 Å². The van der Waals surface area contributed by atoms with E-state index in [4.69, 9.17) is 0 Å². The van der Waals surface area contributed by atoms with Crippen molar-refractivity contribution in [3.05, 3.63) is 42.2 Å². The minimum Gasteiger partial charge on any atom is -0.304 e. The Morgan fingerprint density at radius 1 is 1.25 bits per heavy atom. The van der Waals surface area contributed by atoms with Gasteiger partial charge in [0.15, 0.2) is 5.69 Å². The smallest absolute Gasteiger partial charge is 0.304 e. The average molecular weight is 227 g/mol. The Labute approximate surface area is 89.6 Å². The first kappa shape index (κ1) is 10.7. The molecule has 0 aliphatic heterocycles. The maximum atomic E-state index is 12.3. The maximum Gasteiger partial charge on any atom is 0.434 e. The van der Waals surface area contributed by atoms with Crippen molar-refractivity contribution in [2.75, 3.05) is 0 Å². The van der Waals surface area contributed by atoms with Gasteiger partial charge in [0.2, 0.25) is 0 Å². The molecule has 0 bridgehead atoms. The summed E-state index contributed by atoms with van der Waals surface area (Å²) in [6.45, 7) is 1.72. The maximum absolute atomic E-state index is 12.3. The van der Waals surface area contributed by atoms with Crippen LogP contribution in [0.4, 0.5) is 13.2 Å². The molecule has 16 heavy (non-hydrogen) atoms. The van der Waals surface area contributed by atoms with E-state index in [9.17, 15) is 13.2 Å². The van der Waals surface area contributed by atoms with Gasteiger partial charge in [-0.15, -0.1) is 0 Å². The third kappa shape index (κ3) is 1.91. The molecule has 0 radical (unpaired) electrons. The number of halogens is 3. The van der Waals surface area contributed by atoms with Crippen molar-refractivity contribution in [1.82, 2.24) is 14.5 Å². The molecule has 2 aromatic rings. The summed E-state index contributed by atoms with van der Waals surface area (Å²) in [4.78, 5) is 7.31. The molecule has 0 atom stereocenters. The summed E-state index contributed by atoms with van der Waals surface area (Å²) in [6.07, 6.45) is -0.751. The third-order valence-electron chi connectivity index (χ3n) is 2.13. The highest BCUT2D eigenvalue weighted by molar-refractivity contribution is 5.35. The highest BCUT2D eigenvalue weighted by Crippen LogP contribution is 2.28. The molecule has 84 valence electrons. The van der Waals surface area contributed by atoms with Crippen LogP contribution in [-0.4, -0.2) is 14.5 Å². The van der Waals surface area contributed by atoms with Crippen LogP contribution in [0.15, 0.2) is 30.9 Å². The second-order valence-electron chi connectivity index (χ2n) is 3.27. The molecule has 0 aromatic carbocycles. The van der Waals surface area contributed by atoms with E-state index in [1.54, 1.807) is 25.3 Å². The van der Waals surface area contributed by atoms with Crippen LogP contribution >= 0.6 is 0 Å². The highest BCUT2D eigenvalue weighted by Gasteiger charge is 2.33. The predicted octanol–water partition coefficient (Wildman–Crippen LogP) is 2.59. The Kier molecular flexibility index (Phi) is 2.41. The van der Waals surface area contributed by atoms with Gasteiger partial charge in [0.05, 0.1) is 17.7 Å². The lowest BCUT2D eigenvalue weighted by Gasteiger charge is -2.04. The zero-order valence-electron chi connectivity index (χ0n) is 8.36. The van der Waals surface area contributed by atoms with Gasteiger partial charge < -0.3 is 4.57 Å². The molecule has 2 rings (SSSR count). The minimum absolute atomic E-state index is 0.588. The molecule has 0 aliphatic carbocycles. The second kappa shape index (κ2) is 3.62. The SMILES string of the molecule is Cc1ncccc1-n1cnc(C(F)(F)F)c1. The van der Waals surface area contributed by atoms with E-state index in [0.717, 1.165) is 12.5 Å². The van der Waals surface area contributed by atoms with E-state index < -0.39 is 11.9 Å². The number of alkyl halides is 3. The first-order valence-electron chi connectivity index (χ1n) is 4.51. The molecular formula is C10H8F3N3. The molecule has 0 saturated carbocycles. The summed E-state index contributed by atoms with van der Waals surface area (Å²) in [6, 6.07) is 3.35. The summed E-state index contributed by atoms with van der Waals surface area (Å²) in [5.41, 5.74) is 0.329. The second-order valence-corrected chi connectivity index (χ2v) is 3.27. The first-order valence-corrected chi connectivity index (χ1v) is 4.51. The topological polar surface area (TPSA) is 30.7 Å². The molecule has 2 heterocycles. The van der Waals surface area contributed by atoms with E-state index in [0.29, 0.717) is 11.4 Å². The van der Waals surface area contributed by atoms with Crippen LogP contribution < -0.4 is 0 Å². The van der Waals surface area contributed by atoms with Gasteiger partial charge in [-0.2, -0.15) is 13.2 Å². The molecule has 3 nitrogen and oxygen atoms in total. The van der Waals surface area contributed by atoms with Crippen LogP contribution in [0.5, 0.6) is 0 Å². The molecule has 0 amide bonds. The summed E-state index contributed by atoms with van der Waals surface area (Å²) in [5.74, 6) is 0. The summed E-state index contributed by atoms with van der Waals surface area (Å²) < 4.78 is 38.3. The molecule has 2 aromatic heterocycles. The lowest BCUT2D eigenvalue weighted by Crippen LogP contribution is -2.05. The number of imidazole rings is 1. The number of aromatic nitrogens is 3. The third-order valence-corrected chi connectivity index (χ3v) is 2.13. The van der Waals surface area contributed by atoms with Crippen molar-refractivity contribution >= 4 is 0 Å². The van der Waals surface area contributed by atoms with Gasteiger partial charge in [0, 0.05) is 12.4 Å². The fraction of sp³-hybridized carbons (Fsp3) is 0.200. The van der Waals surface area contributed by atoms with Crippen LogP contribution in [0.2, 0.25) is 0 Å². The largest absolute Gasteiger partial charge is 0.434 e. The van der Waals surface area contributed by atoms with Crippen LogP contribution in [0.25, 0.3) is 5.69 Å². The normalized spacial score (nSPS) is 11.8. The number of hydrogen-bond acceptors (Lipinski definition) is 2. The summed E-state index contributed by atoms with van der Waals surface area (Å²) in [5, 5.41) is 0. The van der Waals surface area contributed by atoms with Crippen molar-refractivity contribution in [3.63, 3.8) is 0 Å². The van der Waals surface area contributed by atoms with E-state index in [1.807, 2.05) is 0 Å². The van der Waals surface area contributed by atoms with E-state index >= 15 is 0 Å². The molecule has 0 N–H and O–H groups in total. The average Bonchev–Trinajstić information content (AvgIpc) is 2.66. The van der Waals surface area contributed by atoms with Crippen LogP contribution in [0.3, 0.4) is 0 Å². The molecule has 0 unspecified atom stereocenters. The summed E-state index contributed by atoms with van der Waals surface area (Å²) in [7, 11) is 0. The Hall–Kier alpha value is -1.85. The van der Waals surface area contributed by atoms with Gasteiger partial charge in [0.25, 0.3) is 0 Å². The monoisotopic (exact) mass is 227 g/mol. The van der Waals surface area contributed by atoms with Crippen molar-refractivity contribution in [1.29, 1.82) is 0 Å². The fourth-order valence-electron chi connectivity index (χ4n) is 1.35. The number of aryl methyl sites for hydroxylation is 1. The van der Waals surface area contributed by atoms with Gasteiger partial charge in [-0.05, 0) is 19.1 Å². The fourth-order valence-corrected chi connectivity index (χ4v) is 1.35. The lowest BCUT2D eigenvalue weighted by atomic mass is 10.3. The number of rotatable bonds is 1. The number of nitrogens with zero attached hydrogens (tertiary/aromatic N) is 3. The van der Waals surface area contributed by atoms with Crippen molar-refractivity contribution in [2.45, 2.75) is 13.1 Å². The van der Waals surface area contributed by atoms with E-state index in [1.165, 1.54) is 4.57 Å². The standard InChI is InChI=1S/C10H8F3N3/c1-7-8(3-2-4-14-7)16-5-9(15-6-16)10(11,12)13/h2-6H,1H3. The van der Waals surface area contributed by atoms with Crippen LogP contribution in [0, 0.1) is 6.92 Å². The Balaban J connectivity index is 2.44. The van der Waals surface area contributed by atoms with Crippen molar-refractivity contribution in [2.24, 2.45) is 0 Å².